The van der Waals surface area contributed by atoms with Gasteiger partial charge >= 0.3 is 0 Å². The van der Waals surface area contributed by atoms with Crippen LogP contribution in [0.2, 0.25) is 0 Å². The molecule has 0 saturated carbocycles. The van der Waals surface area contributed by atoms with E-state index in [0.29, 0.717) is 5.69 Å². The van der Waals surface area contributed by atoms with E-state index in [1.165, 1.54) is 5.57 Å². The first-order valence-electron chi connectivity index (χ1n) is 6.89. The van der Waals surface area contributed by atoms with Crippen LogP contribution in [0, 0.1) is 0 Å². The summed E-state index contributed by atoms with van der Waals surface area (Å²) in [5, 5.41) is 1.06. The zero-order chi connectivity index (χ0) is 15.0. The van der Waals surface area contributed by atoms with E-state index in [9.17, 15) is 8.42 Å². The summed E-state index contributed by atoms with van der Waals surface area (Å²) in [6.45, 7) is 1.99. The molecule has 21 heavy (non-hydrogen) atoms. The standard InChI is InChI=1S/C15H19N3O2S/c1-18-7-5-11(6-8-18)14-10-16-15-4-3-12(9-13(14)15)17-21(2,19)20/h3-5,9-10,16-17H,6-8H2,1-2H3. The van der Waals surface area contributed by atoms with Gasteiger partial charge in [-0.2, -0.15) is 0 Å². The summed E-state index contributed by atoms with van der Waals surface area (Å²) < 4.78 is 25.3. The number of hydrogen-bond donors (Lipinski definition) is 2. The molecule has 0 bridgehead atoms. The molecule has 1 aromatic heterocycles. The third-order valence-corrected chi connectivity index (χ3v) is 4.35. The Bertz CT molecular complexity index is 805. The number of aromatic amines is 1. The largest absolute Gasteiger partial charge is 0.361 e. The van der Waals surface area contributed by atoms with Gasteiger partial charge in [0.1, 0.15) is 0 Å². The van der Waals surface area contributed by atoms with Crippen LogP contribution in [-0.2, 0) is 10.0 Å². The molecule has 0 saturated heterocycles. The number of benzene rings is 1. The predicted octanol–water partition coefficient (Wildman–Crippen LogP) is 2.26. The maximum atomic E-state index is 11.4. The Morgan fingerprint density at radius 2 is 2.14 bits per heavy atom. The minimum Gasteiger partial charge on any atom is -0.361 e. The first-order valence-corrected chi connectivity index (χ1v) is 8.78. The van der Waals surface area contributed by atoms with Crippen molar-refractivity contribution in [1.29, 1.82) is 0 Å². The number of H-pyrrole nitrogens is 1. The first kappa shape index (κ1) is 14.2. The van der Waals surface area contributed by atoms with Crippen LogP contribution in [0.1, 0.15) is 12.0 Å². The number of rotatable bonds is 3. The number of hydrogen-bond acceptors (Lipinski definition) is 3. The van der Waals surface area contributed by atoms with Gasteiger partial charge in [0.05, 0.1) is 6.26 Å². The van der Waals surface area contributed by atoms with Crippen LogP contribution < -0.4 is 4.72 Å². The fourth-order valence-electron chi connectivity index (χ4n) is 2.68. The van der Waals surface area contributed by atoms with Crippen molar-refractivity contribution in [2.45, 2.75) is 6.42 Å². The van der Waals surface area contributed by atoms with Crippen molar-refractivity contribution in [3.05, 3.63) is 36.0 Å². The van der Waals surface area contributed by atoms with E-state index in [1.54, 1.807) is 6.07 Å². The minimum absolute atomic E-state index is 0.597. The molecular weight excluding hydrogens is 286 g/mol. The van der Waals surface area contributed by atoms with Crippen LogP contribution in [0.4, 0.5) is 5.69 Å². The quantitative estimate of drug-likeness (QED) is 0.914. The number of likely N-dealkylation sites (N-methyl/N-ethyl adjacent to an activating group) is 1. The van der Waals surface area contributed by atoms with E-state index in [1.807, 2.05) is 18.3 Å². The van der Waals surface area contributed by atoms with Gasteiger partial charge in [-0.05, 0) is 37.2 Å². The van der Waals surface area contributed by atoms with Crippen molar-refractivity contribution in [2.75, 3.05) is 31.1 Å². The molecule has 0 amide bonds. The maximum absolute atomic E-state index is 11.4. The van der Waals surface area contributed by atoms with Crippen molar-refractivity contribution in [1.82, 2.24) is 9.88 Å². The highest BCUT2D eigenvalue weighted by atomic mass is 32.2. The van der Waals surface area contributed by atoms with Crippen LogP contribution in [0.3, 0.4) is 0 Å². The van der Waals surface area contributed by atoms with Gasteiger partial charge in [0.15, 0.2) is 0 Å². The van der Waals surface area contributed by atoms with E-state index >= 15 is 0 Å². The third-order valence-electron chi connectivity index (χ3n) is 3.74. The Labute approximate surface area is 124 Å². The highest BCUT2D eigenvalue weighted by molar-refractivity contribution is 7.92. The molecule has 0 spiro atoms. The number of nitrogens with zero attached hydrogens (tertiary/aromatic N) is 1. The van der Waals surface area contributed by atoms with Gasteiger partial charge in [-0.25, -0.2) is 8.42 Å². The van der Waals surface area contributed by atoms with E-state index < -0.39 is 10.0 Å². The molecule has 1 aliphatic rings. The van der Waals surface area contributed by atoms with E-state index in [0.717, 1.165) is 42.2 Å². The van der Waals surface area contributed by atoms with Crippen molar-refractivity contribution in [3.63, 3.8) is 0 Å². The number of anilines is 1. The zero-order valence-electron chi connectivity index (χ0n) is 12.2. The Morgan fingerprint density at radius 1 is 1.33 bits per heavy atom. The van der Waals surface area contributed by atoms with Crippen LogP contribution in [0.25, 0.3) is 16.5 Å². The molecule has 3 rings (SSSR count). The number of aromatic nitrogens is 1. The highest BCUT2D eigenvalue weighted by Crippen LogP contribution is 2.30. The second-order valence-corrected chi connectivity index (χ2v) is 7.33. The van der Waals surface area contributed by atoms with Crippen LogP contribution in [-0.4, -0.2) is 44.7 Å². The summed E-state index contributed by atoms with van der Waals surface area (Å²) in [6, 6.07) is 5.57. The molecule has 1 aliphatic heterocycles. The molecule has 0 fully saturated rings. The average molecular weight is 305 g/mol. The lowest BCUT2D eigenvalue weighted by Crippen LogP contribution is -2.23. The van der Waals surface area contributed by atoms with E-state index in [-0.39, 0.29) is 0 Å². The fraction of sp³-hybridized carbons (Fsp3) is 0.333. The number of fused-ring (bicyclic) bond motifs is 1. The smallest absolute Gasteiger partial charge is 0.229 e. The second kappa shape index (κ2) is 5.20. The number of nitrogens with one attached hydrogen (secondary N) is 2. The Balaban J connectivity index is 2.02. The van der Waals surface area contributed by atoms with Gasteiger partial charge < -0.3 is 9.88 Å². The lowest BCUT2D eigenvalue weighted by molar-refractivity contribution is 0.370. The van der Waals surface area contributed by atoms with Gasteiger partial charge in [-0.15, -0.1) is 0 Å². The fourth-order valence-corrected chi connectivity index (χ4v) is 3.23. The molecule has 0 atom stereocenters. The van der Waals surface area contributed by atoms with Gasteiger partial charge in [0, 0.05) is 41.4 Å². The zero-order valence-corrected chi connectivity index (χ0v) is 13.0. The van der Waals surface area contributed by atoms with Crippen LogP contribution in [0.5, 0.6) is 0 Å². The van der Waals surface area contributed by atoms with Crippen LogP contribution >= 0.6 is 0 Å². The monoisotopic (exact) mass is 305 g/mol. The normalized spacial score (nSPS) is 17.0. The minimum atomic E-state index is -3.26. The molecule has 0 aliphatic carbocycles. The Hall–Kier alpha value is -1.79. The summed E-state index contributed by atoms with van der Waals surface area (Å²) >= 11 is 0. The topological polar surface area (TPSA) is 65.2 Å². The summed E-state index contributed by atoms with van der Waals surface area (Å²) in [5.74, 6) is 0. The number of sulfonamides is 1. The highest BCUT2D eigenvalue weighted by Gasteiger charge is 2.14. The molecule has 2 heterocycles. The SMILES string of the molecule is CN1CC=C(c2c[nH]c3ccc(NS(C)(=O)=O)cc23)CC1. The molecular formula is C15H19N3O2S. The predicted molar refractivity (Wildman–Crippen MR) is 86.9 cm³/mol. The Morgan fingerprint density at radius 3 is 2.81 bits per heavy atom. The van der Waals surface area contributed by atoms with Gasteiger partial charge in [-0.3, -0.25) is 4.72 Å². The molecule has 2 N–H and O–H groups in total. The summed E-state index contributed by atoms with van der Waals surface area (Å²) in [7, 11) is -1.15. The van der Waals surface area contributed by atoms with Gasteiger partial charge in [0.2, 0.25) is 10.0 Å². The van der Waals surface area contributed by atoms with Gasteiger partial charge in [0.25, 0.3) is 0 Å². The molecule has 0 unspecified atom stereocenters. The van der Waals surface area contributed by atoms with E-state index in [2.05, 4.69) is 27.7 Å². The first-order chi connectivity index (χ1) is 9.92. The van der Waals surface area contributed by atoms with Crippen molar-refractivity contribution in [3.8, 4) is 0 Å². The van der Waals surface area contributed by atoms with Crippen molar-refractivity contribution in [2.24, 2.45) is 0 Å². The Kier molecular flexibility index (Phi) is 3.51. The summed E-state index contributed by atoms with van der Waals surface area (Å²) in [5.41, 5.74) is 4.09. The van der Waals surface area contributed by atoms with Crippen LogP contribution in [0.15, 0.2) is 30.5 Å². The molecule has 2 aromatic rings. The van der Waals surface area contributed by atoms with Gasteiger partial charge in [-0.1, -0.05) is 6.08 Å². The molecule has 5 nitrogen and oxygen atoms in total. The summed E-state index contributed by atoms with van der Waals surface area (Å²) in [6.07, 6.45) is 6.41. The molecule has 1 aromatic carbocycles. The molecule has 0 radical (unpaired) electrons. The van der Waals surface area contributed by atoms with E-state index in [4.69, 9.17) is 0 Å². The van der Waals surface area contributed by atoms with Crippen molar-refractivity contribution >= 4 is 32.2 Å². The average Bonchev–Trinajstić information content (AvgIpc) is 2.81. The molecule has 6 heteroatoms. The third kappa shape index (κ3) is 3.11. The maximum Gasteiger partial charge on any atom is 0.229 e. The van der Waals surface area contributed by atoms with Crippen molar-refractivity contribution < 1.29 is 8.42 Å². The molecule has 112 valence electrons. The lowest BCUT2D eigenvalue weighted by Gasteiger charge is -2.21. The second-order valence-electron chi connectivity index (χ2n) is 5.58. The lowest BCUT2D eigenvalue weighted by atomic mass is 9.99. The summed E-state index contributed by atoms with van der Waals surface area (Å²) in [4.78, 5) is 5.53.